The average molecular weight is 425 g/mol. The monoisotopic (exact) mass is 424 g/mol. The number of anilines is 1. The molecule has 1 amide bonds. The molecule has 0 radical (unpaired) electrons. The van der Waals surface area contributed by atoms with Crippen LogP contribution in [0.4, 0.5) is 5.82 Å². The summed E-state index contributed by atoms with van der Waals surface area (Å²) in [4.78, 5) is 21.0. The molecule has 6 nitrogen and oxygen atoms in total. The molecule has 2 aromatic rings. The number of hydrogen-bond donors (Lipinski definition) is 0. The van der Waals surface area contributed by atoms with Crippen molar-refractivity contribution in [2.45, 2.75) is 78.2 Å². The fourth-order valence-corrected chi connectivity index (χ4v) is 5.46. The zero-order valence-electron chi connectivity index (χ0n) is 19.3. The smallest absolute Gasteiger partial charge is 0.209 e. The van der Waals surface area contributed by atoms with Crippen LogP contribution in [0, 0.1) is 19.3 Å². The molecule has 4 rings (SSSR count). The van der Waals surface area contributed by atoms with Crippen LogP contribution >= 0.6 is 0 Å². The molecule has 1 saturated carbocycles. The quantitative estimate of drug-likeness (QED) is 0.576. The molecule has 0 aromatic carbocycles. The van der Waals surface area contributed by atoms with Gasteiger partial charge in [-0.3, -0.25) is 4.79 Å². The summed E-state index contributed by atoms with van der Waals surface area (Å²) in [7, 11) is 0. The number of carbonyl (C=O) groups excluding carboxylic acids is 1. The van der Waals surface area contributed by atoms with Gasteiger partial charge in [0.2, 0.25) is 6.41 Å². The predicted octanol–water partition coefficient (Wildman–Crippen LogP) is 5.14. The first-order valence-electron chi connectivity index (χ1n) is 11.8. The van der Waals surface area contributed by atoms with E-state index < -0.39 is 0 Å². The number of aryl methyl sites for hydroxylation is 2. The van der Waals surface area contributed by atoms with Crippen LogP contribution < -0.4 is 4.90 Å². The van der Waals surface area contributed by atoms with Crippen LogP contribution in [0.2, 0.25) is 0 Å². The van der Waals surface area contributed by atoms with Crippen molar-refractivity contribution in [2.24, 2.45) is 5.41 Å². The number of pyridine rings is 1. The van der Waals surface area contributed by atoms with Gasteiger partial charge < -0.3 is 14.3 Å². The van der Waals surface area contributed by atoms with E-state index in [2.05, 4.69) is 34.0 Å². The maximum absolute atomic E-state index is 11.7. The highest BCUT2D eigenvalue weighted by Crippen LogP contribution is 2.36. The number of carbonyl (C=O) groups is 1. The van der Waals surface area contributed by atoms with Crippen molar-refractivity contribution in [3.63, 3.8) is 0 Å². The minimum atomic E-state index is 0.205. The normalized spacial score (nSPS) is 22.5. The molecule has 3 heterocycles. The van der Waals surface area contributed by atoms with Gasteiger partial charge in [0.25, 0.3) is 0 Å². The van der Waals surface area contributed by atoms with Crippen LogP contribution in [-0.2, 0) is 4.79 Å². The summed E-state index contributed by atoms with van der Waals surface area (Å²) in [5.41, 5.74) is 3.19. The molecule has 1 saturated heterocycles. The van der Waals surface area contributed by atoms with E-state index in [0.717, 1.165) is 67.3 Å². The Morgan fingerprint density at radius 1 is 1.23 bits per heavy atom. The third-order valence-electron chi connectivity index (χ3n) is 7.33. The second-order valence-corrected chi connectivity index (χ2v) is 9.83. The molecule has 6 heteroatoms. The molecule has 1 unspecified atom stereocenters. The molecule has 1 atom stereocenters. The van der Waals surface area contributed by atoms with Gasteiger partial charge in [-0.2, -0.15) is 0 Å². The van der Waals surface area contributed by atoms with Crippen LogP contribution in [0.5, 0.6) is 0 Å². The molecule has 168 valence electrons. The van der Waals surface area contributed by atoms with Gasteiger partial charge in [-0.15, -0.1) is 0 Å². The first-order valence-corrected chi connectivity index (χ1v) is 11.8. The first-order chi connectivity index (χ1) is 15.0. The Kier molecular flexibility index (Phi) is 6.63. The summed E-state index contributed by atoms with van der Waals surface area (Å²) in [5, 5.41) is 4.06. The molecule has 31 heavy (non-hydrogen) atoms. The second kappa shape index (κ2) is 9.41. The maximum atomic E-state index is 11.7. The zero-order valence-corrected chi connectivity index (χ0v) is 19.3. The Morgan fingerprint density at radius 3 is 2.68 bits per heavy atom. The van der Waals surface area contributed by atoms with Crippen molar-refractivity contribution in [3.05, 3.63) is 29.8 Å². The number of nitrogens with zero attached hydrogens (tertiary/aromatic N) is 4. The molecule has 2 aromatic heterocycles. The van der Waals surface area contributed by atoms with Crippen LogP contribution in [0.25, 0.3) is 11.1 Å². The lowest BCUT2D eigenvalue weighted by Crippen LogP contribution is -2.45. The van der Waals surface area contributed by atoms with E-state index >= 15 is 0 Å². The lowest BCUT2D eigenvalue weighted by atomic mass is 9.78. The van der Waals surface area contributed by atoms with E-state index in [1.165, 1.54) is 38.5 Å². The Morgan fingerprint density at radius 2 is 2.03 bits per heavy atom. The first kappa shape index (κ1) is 21.8. The Hall–Kier alpha value is -2.37. The van der Waals surface area contributed by atoms with E-state index in [4.69, 9.17) is 9.51 Å². The van der Waals surface area contributed by atoms with Crippen molar-refractivity contribution < 1.29 is 9.32 Å². The Balaban J connectivity index is 1.40. The molecule has 1 aliphatic carbocycles. The zero-order chi connectivity index (χ0) is 21.8. The molecule has 2 fully saturated rings. The number of piperidine rings is 1. The second-order valence-electron chi connectivity index (χ2n) is 9.83. The van der Waals surface area contributed by atoms with Crippen LogP contribution in [0.15, 0.2) is 22.9 Å². The molecule has 0 spiro atoms. The van der Waals surface area contributed by atoms with Crippen molar-refractivity contribution >= 4 is 12.2 Å². The van der Waals surface area contributed by atoms with Crippen molar-refractivity contribution in [3.8, 4) is 11.1 Å². The minimum Gasteiger partial charge on any atom is -0.361 e. The number of aromatic nitrogens is 2. The molecule has 2 aliphatic rings. The molecular weight excluding hydrogens is 388 g/mol. The van der Waals surface area contributed by atoms with Crippen molar-refractivity contribution in [1.82, 2.24) is 15.0 Å². The molecule has 1 aliphatic heterocycles. The fraction of sp³-hybridized carbons (Fsp3) is 0.640. The highest BCUT2D eigenvalue weighted by atomic mass is 16.5. The fourth-order valence-electron chi connectivity index (χ4n) is 5.46. The van der Waals surface area contributed by atoms with Crippen molar-refractivity contribution in [1.29, 1.82) is 0 Å². The van der Waals surface area contributed by atoms with Gasteiger partial charge in [-0.1, -0.05) is 31.3 Å². The Labute approximate surface area is 186 Å². The van der Waals surface area contributed by atoms with E-state index in [-0.39, 0.29) is 5.41 Å². The number of amides is 1. The highest BCUT2D eigenvalue weighted by Gasteiger charge is 2.33. The van der Waals surface area contributed by atoms with Gasteiger partial charge in [0, 0.05) is 43.0 Å². The van der Waals surface area contributed by atoms with Gasteiger partial charge in [0.1, 0.15) is 11.6 Å². The van der Waals surface area contributed by atoms with Crippen LogP contribution in [0.1, 0.15) is 69.7 Å². The van der Waals surface area contributed by atoms with Gasteiger partial charge in [-0.25, -0.2) is 4.98 Å². The average Bonchev–Trinajstić information content (AvgIpc) is 3.13. The molecule has 0 N–H and O–H groups in total. The predicted molar refractivity (Wildman–Crippen MR) is 123 cm³/mol. The third kappa shape index (κ3) is 4.94. The molecular formula is C25H36N4O2. The summed E-state index contributed by atoms with van der Waals surface area (Å²) < 4.78 is 5.31. The number of rotatable bonds is 7. The SMILES string of the molecule is Cc1noc(C)c1-c1ccc(N2CCCC(C)(CCN(C=O)C3CCCCC3)C2)nc1. The van der Waals surface area contributed by atoms with E-state index in [1.54, 1.807) is 0 Å². The van der Waals surface area contributed by atoms with Gasteiger partial charge in [-0.05, 0) is 63.5 Å². The lowest BCUT2D eigenvalue weighted by molar-refractivity contribution is -0.121. The van der Waals surface area contributed by atoms with E-state index in [1.807, 2.05) is 20.0 Å². The topological polar surface area (TPSA) is 62.5 Å². The van der Waals surface area contributed by atoms with Gasteiger partial charge >= 0.3 is 0 Å². The summed E-state index contributed by atoms with van der Waals surface area (Å²) in [6.45, 7) is 9.18. The highest BCUT2D eigenvalue weighted by molar-refractivity contribution is 5.67. The lowest BCUT2D eigenvalue weighted by Gasteiger charge is -2.42. The third-order valence-corrected chi connectivity index (χ3v) is 7.33. The summed E-state index contributed by atoms with van der Waals surface area (Å²) in [6, 6.07) is 4.69. The summed E-state index contributed by atoms with van der Waals surface area (Å²) in [6.07, 6.45) is 12.6. The van der Waals surface area contributed by atoms with E-state index in [0.29, 0.717) is 6.04 Å². The van der Waals surface area contributed by atoms with E-state index in [9.17, 15) is 4.79 Å². The van der Waals surface area contributed by atoms with Crippen LogP contribution in [-0.4, -0.2) is 47.1 Å². The summed E-state index contributed by atoms with van der Waals surface area (Å²) in [5.74, 6) is 1.86. The number of hydrogen-bond acceptors (Lipinski definition) is 5. The van der Waals surface area contributed by atoms with Crippen LogP contribution in [0.3, 0.4) is 0 Å². The maximum Gasteiger partial charge on any atom is 0.209 e. The minimum absolute atomic E-state index is 0.205. The molecule has 0 bridgehead atoms. The van der Waals surface area contributed by atoms with Gasteiger partial charge in [0.05, 0.1) is 5.69 Å². The largest absolute Gasteiger partial charge is 0.361 e. The summed E-state index contributed by atoms with van der Waals surface area (Å²) >= 11 is 0. The van der Waals surface area contributed by atoms with Gasteiger partial charge in [0.15, 0.2) is 0 Å². The van der Waals surface area contributed by atoms with Crippen molar-refractivity contribution in [2.75, 3.05) is 24.5 Å². The Bertz CT molecular complexity index is 853. The standard InChI is InChI=1S/C25H36N4O2/c1-19-24(20(2)31-27-19)21-10-11-23(26-16-21)28-14-7-12-25(3,17-28)13-15-29(18-30)22-8-5-4-6-9-22/h10-11,16,18,22H,4-9,12-15,17H2,1-3H3.